The SMILES string of the molecule is CC(C)(c1ccc(Oc2nc(-n3nccn3)ccc2F)cc1)c1ccc(OC2CC(Nc3ccc4c(c3)C(=O)N(C3CCC(=O)NC3=O)C4=O)C2)cc1. The van der Waals surface area contributed by atoms with Gasteiger partial charge in [0.15, 0.2) is 11.6 Å². The van der Waals surface area contributed by atoms with Gasteiger partial charge in [0.2, 0.25) is 11.8 Å². The fourth-order valence-corrected chi connectivity index (χ4v) is 6.87. The van der Waals surface area contributed by atoms with Crippen LogP contribution < -0.4 is 20.1 Å². The number of nitrogens with zero attached hydrogens (tertiary/aromatic N) is 5. The third-order valence-corrected chi connectivity index (χ3v) is 10.00. The molecule has 4 amide bonds. The van der Waals surface area contributed by atoms with E-state index >= 15 is 0 Å². The Morgan fingerprint density at radius 1 is 0.830 bits per heavy atom. The molecule has 1 aliphatic carbocycles. The minimum Gasteiger partial charge on any atom is -0.490 e. The highest BCUT2D eigenvalue weighted by Gasteiger charge is 2.45. The van der Waals surface area contributed by atoms with Gasteiger partial charge in [0.1, 0.15) is 23.6 Å². The molecule has 2 fully saturated rings. The highest BCUT2D eigenvalue weighted by atomic mass is 19.1. The molecule has 0 spiro atoms. The van der Waals surface area contributed by atoms with E-state index in [1.165, 1.54) is 29.3 Å². The number of anilines is 1. The van der Waals surface area contributed by atoms with E-state index in [2.05, 4.69) is 39.7 Å². The first-order chi connectivity index (χ1) is 25.5. The summed E-state index contributed by atoms with van der Waals surface area (Å²) in [6.07, 6.45) is 4.70. The van der Waals surface area contributed by atoms with Crippen molar-refractivity contribution in [2.24, 2.45) is 0 Å². The van der Waals surface area contributed by atoms with Crippen molar-refractivity contribution in [3.05, 3.63) is 119 Å². The Hall–Kier alpha value is -6.44. The van der Waals surface area contributed by atoms with Crippen molar-refractivity contribution < 1.29 is 33.0 Å². The first-order valence-corrected chi connectivity index (χ1v) is 17.2. The molecule has 1 atom stereocenters. The minimum absolute atomic E-state index is 0.00962. The molecular weight excluding hydrogens is 681 g/mol. The molecule has 8 rings (SSSR count). The number of nitrogens with one attached hydrogen (secondary N) is 2. The Morgan fingerprint density at radius 3 is 2.17 bits per heavy atom. The number of rotatable bonds is 10. The predicted octanol–water partition coefficient (Wildman–Crippen LogP) is 5.34. The van der Waals surface area contributed by atoms with Crippen molar-refractivity contribution in [3.63, 3.8) is 0 Å². The van der Waals surface area contributed by atoms with Crippen LogP contribution in [-0.4, -0.2) is 66.7 Å². The second-order valence-electron chi connectivity index (χ2n) is 13.8. The fourth-order valence-electron chi connectivity index (χ4n) is 6.87. The molecule has 0 radical (unpaired) electrons. The summed E-state index contributed by atoms with van der Waals surface area (Å²) in [7, 11) is 0. The first-order valence-electron chi connectivity index (χ1n) is 17.2. The van der Waals surface area contributed by atoms with Gasteiger partial charge >= 0.3 is 0 Å². The Balaban J connectivity index is 0.846. The van der Waals surface area contributed by atoms with Crippen molar-refractivity contribution in [2.75, 3.05) is 5.32 Å². The minimum atomic E-state index is -0.999. The summed E-state index contributed by atoms with van der Waals surface area (Å²) >= 11 is 0. The number of hydrogen-bond donors (Lipinski definition) is 2. The van der Waals surface area contributed by atoms with Gasteiger partial charge in [0.05, 0.1) is 23.5 Å². The Bertz CT molecular complexity index is 2240. The zero-order chi connectivity index (χ0) is 36.9. The van der Waals surface area contributed by atoms with Crippen molar-refractivity contribution in [2.45, 2.75) is 63.1 Å². The molecule has 0 bridgehead atoms. The van der Waals surface area contributed by atoms with Crippen LogP contribution in [0.1, 0.15) is 71.4 Å². The van der Waals surface area contributed by atoms with Crippen LogP contribution in [0.25, 0.3) is 5.82 Å². The number of ether oxygens (including phenoxy) is 2. The van der Waals surface area contributed by atoms with Gasteiger partial charge in [-0.2, -0.15) is 15.2 Å². The number of aromatic nitrogens is 4. The third kappa shape index (κ3) is 6.47. The average molecular weight is 716 g/mol. The Labute approximate surface area is 303 Å². The maximum absolute atomic E-state index is 14.5. The maximum Gasteiger partial charge on any atom is 0.262 e. The van der Waals surface area contributed by atoms with Crippen LogP contribution in [0.3, 0.4) is 0 Å². The second kappa shape index (κ2) is 13.3. The van der Waals surface area contributed by atoms with Gasteiger partial charge in [0, 0.05) is 36.4 Å². The van der Waals surface area contributed by atoms with Crippen molar-refractivity contribution in [3.8, 4) is 23.2 Å². The predicted molar refractivity (Wildman–Crippen MR) is 188 cm³/mol. The van der Waals surface area contributed by atoms with Gasteiger partial charge in [-0.25, -0.2) is 4.39 Å². The lowest BCUT2D eigenvalue weighted by molar-refractivity contribution is -0.136. The highest BCUT2D eigenvalue weighted by molar-refractivity contribution is 6.23. The fraction of sp³-hybridized carbons (Fsp3) is 0.256. The lowest BCUT2D eigenvalue weighted by Gasteiger charge is -2.36. The molecule has 4 heterocycles. The molecule has 268 valence electrons. The summed E-state index contributed by atoms with van der Waals surface area (Å²) in [4.78, 5) is 56.5. The van der Waals surface area contributed by atoms with Crippen LogP contribution >= 0.6 is 0 Å². The molecule has 1 saturated heterocycles. The van der Waals surface area contributed by atoms with Gasteiger partial charge in [0.25, 0.3) is 17.7 Å². The summed E-state index contributed by atoms with van der Waals surface area (Å²) in [6.45, 7) is 4.25. The molecule has 3 aromatic carbocycles. The van der Waals surface area contributed by atoms with Crippen molar-refractivity contribution >= 4 is 29.3 Å². The van der Waals surface area contributed by atoms with Gasteiger partial charge < -0.3 is 14.8 Å². The second-order valence-corrected chi connectivity index (χ2v) is 13.8. The summed E-state index contributed by atoms with van der Waals surface area (Å²) in [5.41, 5.74) is 2.95. The molecule has 14 heteroatoms. The molecule has 53 heavy (non-hydrogen) atoms. The van der Waals surface area contributed by atoms with Gasteiger partial charge in [-0.1, -0.05) is 38.1 Å². The molecule has 1 saturated carbocycles. The maximum atomic E-state index is 14.5. The average Bonchev–Trinajstić information content (AvgIpc) is 3.76. The number of imide groups is 2. The van der Waals surface area contributed by atoms with Crippen LogP contribution in [0.2, 0.25) is 0 Å². The normalized spacial score (nSPS) is 19.8. The Kier molecular flexibility index (Phi) is 8.44. The standard InChI is InChI=1S/C39H34FN7O6/c1-39(2,23-5-10-27(11-6-23)53-36-31(40)13-15-33(44-36)47-41-17-18-42-47)22-3-8-26(9-4-22)52-28-19-25(20-28)43-24-7-12-29-30(21-24)38(51)46(37(29)50)32-14-16-34(48)45-35(32)49/h3-13,15,17-18,21,25,28,32,43H,14,16,19-20H2,1-2H3,(H,45,48,49). The van der Waals surface area contributed by atoms with Gasteiger partial charge in [-0.05, 0) is 72.1 Å². The van der Waals surface area contributed by atoms with E-state index < -0.39 is 35.5 Å². The van der Waals surface area contributed by atoms with Gasteiger partial charge in [-0.3, -0.25) is 29.4 Å². The molecule has 2 aliphatic heterocycles. The number of benzene rings is 3. The third-order valence-electron chi connectivity index (χ3n) is 10.00. The smallest absolute Gasteiger partial charge is 0.262 e. The summed E-state index contributed by atoms with van der Waals surface area (Å²) in [6, 6.07) is 22.3. The van der Waals surface area contributed by atoms with E-state index in [-0.39, 0.29) is 47.4 Å². The zero-order valence-corrected chi connectivity index (χ0v) is 28.8. The number of hydrogen-bond acceptors (Lipinski definition) is 10. The lowest BCUT2D eigenvalue weighted by atomic mass is 9.78. The largest absolute Gasteiger partial charge is 0.490 e. The molecular formula is C39H34FN7O6. The Morgan fingerprint density at radius 2 is 1.49 bits per heavy atom. The molecule has 1 unspecified atom stereocenters. The molecule has 5 aromatic rings. The van der Waals surface area contributed by atoms with Crippen LogP contribution in [0.5, 0.6) is 17.4 Å². The van der Waals surface area contributed by atoms with Crippen molar-refractivity contribution in [1.82, 2.24) is 30.2 Å². The summed E-state index contributed by atoms with van der Waals surface area (Å²) < 4.78 is 26.5. The summed E-state index contributed by atoms with van der Waals surface area (Å²) in [5, 5.41) is 13.7. The van der Waals surface area contributed by atoms with Crippen LogP contribution in [0.4, 0.5) is 10.1 Å². The van der Waals surface area contributed by atoms with E-state index in [9.17, 15) is 23.6 Å². The number of piperidine rings is 1. The molecule has 2 aromatic heterocycles. The van der Waals surface area contributed by atoms with Gasteiger partial charge in [-0.15, -0.1) is 4.80 Å². The molecule has 2 N–H and O–H groups in total. The number of pyridine rings is 1. The van der Waals surface area contributed by atoms with E-state index in [0.29, 0.717) is 17.3 Å². The summed E-state index contributed by atoms with van der Waals surface area (Å²) in [5.74, 6) is -1.35. The molecule has 3 aliphatic rings. The molecule has 13 nitrogen and oxygen atoms in total. The van der Waals surface area contributed by atoms with Crippen LogP contribution in [-0.2, 0) is 15.0 Å². The number of carbonyl (C=O) groups is 4. The topological polar surface area (TPSA) is 158 Å². The quantitative estimate of drug-likeness (QED) is 0.181. The number of fused-ring (bicyclic) bond motifs is 1. The van der Waals surface area contributed by atoms with Crippen LogP contribution in [0, 0.1) is 5.82 Å². The van der Waals surface area contributed by atoms with Crippen LogP contribution in [0.15, 0.2) is 91.3 Å². The van der Waals surface area contributed by atoms with E-state index in [0.717, 1.165) is 34.6 Å². The number of carbonyl (C=O) groups excluding carboxylic acids is 4. The highest BCUT2D eigenvalue weighted by Crippen LogP contribution is 2.36. The monoisotopic (exact) mass is 715 g/mol. The first kappa shape index (κ1) is 33.7. The van der Waals surface area contributed by atoms with E-state index in [1.54, 1.807) is 30.3 Å². The number of amides is 4. The lowest BCUT2D eigenvalue weighted by Crippen LogP contribution is -2.54. The van der Waals surface area contributed by atoms with Crippen molar-refractivity contribution in [1.29, 1.82) is 0 Å². The van der Waals surface area contributed by atoms with E-state index in [4.69, 9.17) is 9.47 Å². The number of halogens is 1. The van der Waals surface area contributed by atoms with E-state index in [1.807, 2.05) is 36.4 Å². The zero-order valence-electron chi connectivity index (χ0n) is 28.8.